The van der Waals surface area contributed by atoms with Crippen LogP contribution in [-0.4, -0.2) is 38.4 Å². The van der Waals surface area contributed by atoms with Gasteiger partial charge in [0.05, 0.1) is 0 Å². The molecule has 0 unspecified atom stereocenters. The number of benzene rings is 2. The second-order valence-electron chi connectivity index (χ2n) is 7.30. The van der Waals surface area contributed by atoms with Gasteiger partial charge in [0.15, 0.2) is 11.6 Å². The van der Waals surface area contributed by atoms with Crippen molar-refractivity contribution in [1.29, 1.82) is 0 Å². The Morgan fingerprint density at radius 1 is 1.06 bits per heavy atom. The average Bonchev–Trinajstić information content (AvgIpc) is 3.32. The van der Waals surface area contributed by atoms with E-state index >= 15 is 0 Å². The molecule has 10 heteroatoms. The molecule has 1 aliphatic rings. The van der Waals surface area contributed by atoms with Crippen molar-refractivity contribution in [3.63, 3.8) is 0 Å². The maximum atomic E-state index is 13.8. The highest BCUT2D eigenvalue weighted by Gasteiger charge is 2.26. The Morgan fingerprint density at radius 3 is 2.53 bits per heavy atom. The van der Waals surface area contributed by atoms with Gasteiger partial charge in [-0.25, -0.2) is 17.2 Å². The van der Waals surface area contributed by atoms with Crippen LogP contribution in [0, 0.1) is 11.6 Å². The van der Waals surface area contributed by atoms with E-state index in [2.05, 4.69) is 4.72 Å². The van der Waals surface area contributed by atoms with Crippen molar-refractivity contribution in [1.82, 2.24) is 4.90 Å². The molecule has 3 aromatic rings. The zero-order valence-corrected chi connectivity index (χ0v) is 18.5. The molecule has 0 saturated carbocycles. The molecular formula is C22H20F2N2O4S2. The van der Waals surface area contributed by atoms with Crippen LogP contribution in [0.15, 0.2) is 64.2 Å². The van der Waals surface area contributed by atoms with Gasteiger partial charge < -0.3 is 9.64 Å². The third kappa shape index (κ3) is 5.08. The van der Waals surface area contributed by atoms with Crippen molar-refractivity contribution >= 4 is 33.0 Å². The predicted octanol–water partition coefficient (Wildman–Crippen LogP) is 4.51. The van der Waals surface area contributed by atoms with Crippen molar-refractivity contribution in [2.75, 3.05) is 17.8 Å². The topological polar surface area (TPSA) is 75.7 Å². The summed E-state index contributed by atoms with van der Waals surface area (Å²) in [6.45, 7) is 0.801. The van der Waals surface area contributed by atoms with Gasteiger partial charge in [-0.1, -0.05) is 12.1 Å². The Hall–Kier alpha value is -2.98. The summed E-state index contributed by atoms with van der Waals surface area (Å²) in [5.74, 6) is -1.67. The Balaban J connectivity index is 1.37. The van der Waals surface area contributed by atoms with Gasteiger partial charge in [0.2, 0.25) is 0 Å². The van der Waals surface area contributed by atoms with Gasteiger partial charge in [-0.3, -0.25) is 9.52 Å². The van der Waals surface area contributed by atoms with E-state index in [4.69, 9.17) is 4.74 Å². The van der Waals surface area contributed by atoms with Crippen molar-refractivity contribution in [2.45, 2.75) is 23.2 Å². The summed E-state index contributed by atoms with van der Waals surface area (Å²) < 4.78 is 60.0. The first kappa shape index (κ1) is 22.2. The highest BCUT2D eigenvalue weighted by Crippen LogP contribution is 2.25. The van der Waals surface area contributed by atoms with Gasteiger partial charge in [0.25, 0.3) is 15.9 Å². The third-order valence-electron chi connectivity index (χ3n) is 5.04. The molecular weight excluding hydrogens is 458 g/mol. The van der Waals surface area contributed by atoms with Crippen LogP contribution in [0.25, 0.3) is 0 Å². The lowest BCUT2D eigenvalue weighted by Gasteiger charge is -2.32. The number of likely N-dealkylation sites (tertiary alicyclic amines) is 1. The lowest BCUT2D eigenvalue weighted by atomic mass is 10.1. The van der Waals surface area contributed by atoms with Crippen LogP contribution in [0.2, 0.25) is 0 Å². The molecule has 1 amide bonds. The van der Waals surface area contributed by atoms with Crippen LogP contribution >= 0.6 is 11.3 Å². The van der Waals surface area contributed by atoms with Crippen LogP contribution in [-0.2, 0) is 10.0 Å². The Bertz CT molecular complexity index is 1210. The minimum Gasteiger partial charge on any atom is -0.487 e. The van der Waals surface area contributed by atoms with E-state index in [1.807, 2.05) is 0 Å². The molecule has 168 valence electrons. The summed E-state index contributed by atoms with van der Waals surface area (Å²) in [4.78, 5) is 14.6. The van der Waals surface area contributed by atoms with E-state index in [0.717, 1.165) is 23.5 Å². The molecule has 6 nitrogen and oxygen atoms in total. The first-order valence-corrected chi connectivity index (χ1v) is 12.3. The minimum atomic E-state index is -3.71. The Morgan fingerprint density at radius 2 is 1.84 bits per heavy atom. The number of hydrogen-bond donors (Lipinski definition) is 1. The second-order valence-corrected chi connectivity index (χ2v) is 10.2. The molecule has 0 spiro atoms. The molecule has 1 aromatic heterocycles. The number of halogens is 2. The van der Waals surface area contributed by atoms with E-state index in [0.29, 0.717) is 37.2 Å². The fourth-order valence-electron chi connectivity index (χ4n) is 3.45. The van der Waals surface area contributed by atoms with Crippen LogP contribution in [0.3, 0.4) is 0 Å². The van der Waals surface area contributed by atoms with Crippen molar-refractivity contribution in [3.05, 3.63) is 77.2 Å². The number of piperidine rings is 1. The van der Waals surface area contributed by atoms with Crippen LogP contribution < -0.4 is 9.46 Å². The largest absolute Gasteiger partial charge is 0.487 e. The smallest absolute Gasteiger partial charge is 0.271 e. The molecule has 1 N–H and O–H groups in total. The summed E-state index contributed by atoms with van der Waals surface area (Å²) in [6, 6.07) is 12.6. The molecule has 0 radical (unpaired) electrons. The van der Waals surface area contributed by atoms with Crippen molar-refractivity contribution < 1.29 is 26.7 Å². The van der Waals surface area contributed by atoms with Gasteiger partial charge in [-0.15, -0.1) is 11.3 Å². The highest BCUT2D eigenvalue weighted by molar-refractivity contribution is 7.94. The third-order valence-corrected chi connectivity index (χ3v) is 7.82. The number of nitrogens with zero attached hydrogens (tertiary/aromatic N) is 1. The average molecular weight is 479 g/mol. The summed E-state index contributed by atoms with van der Waals surface area (Å²) in [7, 11) is -3.71. The fraction of sp³-hybridized carbons (Fsp3) is 0.227. The van der Waals surface area contributed by atoms with Gasteiger partial charge >= 0.3 is 0 Å². The number of thiophene rings is 1. The van der Waals surface area contributed by atoms with Crippen molar-refractivity contribution in [3.8, 4) is 5.75 Å². The first-order valence-electron chi connectivity index (χ1n) is 9.89. The van der Waals surface area contributed by atoms with E-state index < -0.39 is 21.7 Å². The second kappa shape index (κ2) is 9.25. The van der Waals surface area contributed by atoms with Gasteiger partial charge in [0.1, 0.15) is 16.1 Å². The molecule has 2 heterocycles. The molecule has 2 aromatic carbocycles. The van der Waals surface area contributed by atoms with Crippen LogP contribution in [0.4, 0.5) is 14.5 Å². The van der Waals surface area contributed by atoms with Gasteiger partial charge in [-0.05, 0) is 41.8 Å². The molecule has 32 heavy (non-hydrogen) atoms. The van der Waals surface area contributed by atoms with E-state index in [9.17, 15) is 22.0 Å². The number of anilines is 1. The summed E-state index contributed by atoms with van der Waals surface area (Å²) in [5, 5.41) is 1.67. The lowest BCUT2D eigenvalue weighted by Crippen LogP contribution is -2.41. The Labute approximate surface area is 188 Å². The summed E-state index contributed by atoms with van der Waals surface area (Å²) >= 11 is 1.11. The standard InChI is InChI=1S/C22H20F2N2O4S2/c23-16-6-7-20(19(24)14-16)30-18-8-10-26(11-9-18)22(27)15-3-1-4-17(13-15)25-32(28,29)21-5-2-12-31-21/h1-7,12-14,18,25H,8-11H2. The fourth-order valence-corrected chi connectivity index (χ4v) is 5.49. The normalized spacial score (nSPS) is 14.9. The number of nitrogens with one attached hydrogen (secondary N) is 1. The maximum Gasteiger partial charge on any atom is 0.271 e. The number of amides is 1. The van der Waals surface area contributed by atoms with E-state index in [1.54, 1.807) is 34.5 Å². The quantitative estimate of drug-likeness (QED) is 0.566. The lowest BCUT2D eigenvalue weighted by molar-refractivity contribution is 0.0588. The minimum absolute atomic E-state index is 0.0121. The number of carbonyl (C=O) groups is 1. The SMILES string of the molecule is O=C(c1cccc(NS(=O)(=O)c2cccs2)c1)N1CCC(Oc2ccc(F)cc2F)CC1. The number of sulfonamides is 1. The number of hydrogen-bond acceptors (Lipinski definition) is 5. The molecule has 0 aliphatic carbocycles. The van der Waals surface area contributed by atoms with E-state index in [-0.39, 0.29) is 22.0 Å². The summed E-state index contributed by atoms with van der Waals surface area (Å²) in [6.07, 6.45) is 0.698. The maximum absolute atomic E-state index is 13.8. The molecule has 1 fully saturated rings. The van der Waals surface area contributed by atoms with Crippen LogP contribution in [0.1, 0.15) is 23.2 Å². The van der Waals surface area contributed by atoms with Crippen LogP contribution in [0.5, 0.6) is 5.75 Å². The first-order chi connectivity index (χ1) is 15.3. The molecule has 0 bridgehead atoms. The monoisotopic (exact) mass is 478 g/mol. The number of ether oxygens (including phenoxy) is 1. The van der Waals surface area contributed by atoms with Crippen molar-refractivity contribution in [2.24, 2.45) is 0 Å². The van der Waals surface area contributed by atoms with E-state index in [1.165, 1.54) is 18.2 Å². The molecule has 1 saturated heterocycles. The molecule has 1 aliphatic heterocycles. The number of carbonyl (C=O) groups excluding carboxylic acids is 1. The molecule has 4 rings (SSSR count). The highest BCUT2D eigenvalue weighted by atomic mass is 32.2. The summed E-state index contributed by atoms with van der Waals surface area (Å²) in [5.41, 5.74) is 0.662. The zero-order chi connectivity index (χ0) is 22.7. The Kier molecular flexibility index (Phi) is 6.43. The van der Waals surface area contributed by atoms with Gasteiger partial charge in [-0.2, -0.15) is 0 Å². The predicted molar refractivity (Wildman–Crippen MR) is 117 cm³/mol. The molecule has 0 atom stereocenters. The van der Waals surface area contributed by atoms with Gasteiger partial charge in [0, 0.05) is 43.2 Å². The number of rotatable bonds is 6. The zero-order valence-electron chi connectivity index (χ0n) is 16.8.